The molecule has 8 heteroatoms. The van der Waals surface area contributed by atoms with Gasteiger partial charge < -0.3 is 15.0 Å². The predicted octanol–water partition coefficient (Wildman–Crippen LogP) is 4.71. The van der Waals surface area contributed by atoms with Gasteiger partial charge in [0, 0.05) is 17.0 Å². The van der Waals surface area contributed by atoms with Crippen LogP contribution < -0.4 is 10.1 Å². The summed E-state index contributed by atoms with van der Waals surface area (Å²) in [6.45, 7) is 2.01. The van der Waals surface area contributed by atoms with Gasteiger partial charge in [-0.2, -0.15) is 0 Å². The molecule has 0 bridgehead atoms. The Balaban J connectivity index is 1.65. The lowest BCUT2D eigenvalue weighted by Crippen LogP contribution is -2.38. The van der Waals surface area contributed by atoms with Crippen LogP contribution in [0.2, 0.25) is 0 Å². The van der Waals surface area contributed by atoms with Gasteiger partial charge in [0.05, 0.1) is 0 Å². The molecule has 0 unspecified atom stereocenters. The van der Waals surface area contributed by atoms with Crippen molar-refractivity contribution in [1.29, 1.82) is 0 Å². The number of thiophene rings is 1. The Morgan fingerprint density at radius 1 is 1.07 bits per heavy atom. The minimum atomic E-state index is -0.881. The minimum absolute atomic E-state index is 0.242. The number of ether oxygens (including phenoxy) is 1. The SMILES string of the molecule is CCN(CC(=O)Nc1c(F)cccc1F)C(=O)c1cccc(OCc2cccs2)c1. The van der Waals surface area contributed by atoms with E-state index in [9.17, 15) is 18.4 Å². The second kappa shape index (κ2) is 9.98. The first kappa shape index (κ1) is 21.4. The number of hydrogen-bond donors (Lipinski definition) is 1. The molecule has 0 saturated heterocycles. The molecule has 1 N–H and O–H groups in total. The van der Waals surface area contributed by atoms with E-state index in [4.69, 9.17) is 4.74 Å². The molecule has 5 nitrogen and oxygen atoms in total. The van der Waals surface area contributed by atoms with Gasteiger partial charge in [0.2, 0.25) is 5.91 Å². The summed E-state index contributed by atoms with van der Waals surface area (Å²) in [5, 5.41) is 4.14. The van der Waals surface area contributed by atoms with E-state index < -0.39 is 23.2 Å². The van der Waals surface area contributed by atoms with Gasteiger partial charge in [0.15, 0.2) is 0 Å². The molecule has 0 fully saturated rings. The van der Waals surface area contributed by atoms with Crippen LogP contribution in [0.3, 0.4) is 0 Å². The third-order valence-corrected chi connectivity index (χ3v) is 5.12. The van der Waals surface area contributed by atoms with Crippen molar-refractivity contribution in [2.24, 2.45) is 0 Å². The summed E-state index contributed by atoms with van der Waals surface area (Å²) < 4.78 is 33.2. The molecule has 30 heavy (non-hydrogen) atoms. The number of nitrogens with zero attached hydrogens (tertiary/aromatic N) is 1. The van der Waals surface area contributed by atoms with Crippen LogP contribution in [0.5, 0.6) is 5.75 Å². The number of hydrogen-bond acceptors (Lipinski definition) is 4. The van der Waals surface area contributed by atoms with Crippen molar-refractivity contribution in [3.8, 4) is 5.75 Å². The van der Waals surface area contributed by atoms with E-state index in [-0.39, 0.29) is 19.0 Å². The van der Waals surface area contributed by atoms with Gasteiger partial charge in [0.25, 0.3) is 5.91 Å². The van der Waals surface area contributed by atoms with Gasteiger partial charge in [0.1, 0.15) is 36.2 Å². The molecule has 3 rings (SSSR count). The van der Waals surface area contributed by atoms with Gasteiger partial charge in [-0.05, 0) is 48.7 Å². The van der Waals surface area contributed by atoms with E-state index in [0.717, 1.165) is 17.0 Å². The highest BCUT2D eigenvalue weighted by Gasteiger charge is 2.20. The van der Waals surface area contributed by atoms with E-state index in [1.807, 2.05) is 17.5 Å². The zero-order valence-corrected chi connectivity index (χ0v) is 17.0. The summed E-state index contributed by atoms with van der Waals surface area (Å²) in [7, 11) is 0. The van der Waals surface area contributed by atoms with E-state index in [0.29, 0.717) is 17.9 Å². The standard InChI is InChI=1S/C22H20F2N2O3S/c1-2-26(13-20(27)25-21-18(23)9-4-10-19(21)24)22(28)15-6-3-7-16(12-15)29-14-17-8-5-11-30-17/h3-12H,2,13-14H2,1H3,(H,25,27). The van der Waals surface area contributed by atoms with E-state index in [1.165, 1.54) is 11.0 Å². The molecule has 0 aliphatic carbocycles. The number of anilines is 1. The number of halogens is 2. The molecule has 3 aromatic rings. The smallest absolute Gasteiger partial charge is 0.254 e. The van der Waals surface area contributed by atoms with Crippen LogP contribution in [0.15, 0.2) is 60.0 Å². The van der Waals surface area contributed by atoms with Crippen molar-refractivity contribution in [2.45, 2.75) is 13.5 Å². The van der Waals surface area contributed by atoms with Crippen molar-refractivity contribution < 1.29 is 23.1 Å². The predicted molar refractivity (Wildman–Crippen MR) is 112 cm³/mol. The number of nitrogens with one attached hydrogen (secondary N) is 1. The highest BCUT2D eigenvalue weighted by Crippen LogP contribution is 2.20. The van der Waals surface area contributed by atoms with Crippen LogP contribution in [0.1, 0.15) is 22.2 Å². The number of carbonyl (C=O) groups is 2. The van der Waals surface area contributed by atoms with E-state index >= 15 is 0 Å². The van der Waals surface area contributed by atoms with Crippen LogP contribution in [-0.2, 0) is 11.4 Å². The molecule has 1 aromatic heterocycles. The number of rotatable bonds is 8. The van der Waals surface area contributed by atoms with Crippen molar-refractivity contribution in [3.05, 3.63) is 82.1 Å². The average Bonchev–Trinajstić information content (AvgIpc) is 3.27. The molecule has 1 heterocycles. The minimum Gasteiger partial charge on any atom is -0.488 e. The first-order chi connectivity index (χ1) is 14.5. The summed E-state index contributed by atoms with van der Waals surface area (Å²) in [6.07, 6.45) is 0. The molecule has 0 aliphatic rings. The maximum absolute atomic E-state index is 13.7. The van der Waals surface area contributed by atoms with Crippen LogP contribution >= 0.6 is 11.3 Å². The summed E-state index contributed by atoms with van der Waals surface area (Å²) in [6, 6.07) is 13.8. The van der Waals surface area contributed by atoms with Crippen molar-refractivity contribution in [2.75, 3.05) is 18.4 Å². The molecule has 0 aliphatic heterocycles. The van der Waals surface area contributed by atoms with Gasteiger partial charge in [-0.25, -0.2) is 8.78 Å². The normalized spacial score (nSPS) is 10.5. The summed E-state index contributed by atoms with van der Waals surface area (Å²) in [4.78, 5) is 27.4. The van der Waals surface area contributed by atoms with Crippen LogP contribution in [0.25, 0.3) is 0 Å². The Morgan fingerprint density at radius 3 is 2.47 bits per heavy atom. The lowest BCUT2D eigenvalue weighted by Gasteiger charge is -2.21. The fourth-order valence-electron chi connectivity index (χ4n) is 2.75. The fourth-order valence-corrected chi connectivity index (χ4v) is 3.36. The molecule has 2 amide bonds. The van der Waals surface area contributed by atoms with Gasteiger partial charge in [-0.1, -0.05) is 18.2 Å². The zero-order valence-electron chi connectivity index (χ0n) is 16.2. The van der Waals surface area contributed by atoms with Gasteiger partial charge >= 0.3 is 0 Å². The molecular weight excluding hydrogens is 410 g/mol. The molecule has 2 aromatic carbocycles. The third-order valence-electron chi connectivity index (χ3n) is 4.27. The number of amides is 2. The molecule has 156 valence electrons. The Morgan fingerprint density at radius 2 is 1.80 bits per heavy atom. The second-order valence-corrected chi connectivity index (χ2v) is 7.39. The van der Waals surface area contributed by atoms with Crippen molar-refractivity contribution in [1.82, 2.24) is 4.90 Å². The van der Waals surface area contributed by atoms with E-state index in [2.05, 4.69) is 5.32 Å². The van der Waals surface area contributed by atoms with Gasteiger partial charge in [-0.15, -0.1) is 11.3 Å². The van der Waals surface area contributed by atoms with E-state index in [1.54, 1.807) is 42.5 Å². The number of likely N-dealkylation sites (N-methyl/N-ethyl adjacent to an activating group) is 1. The Bertz CT molecular complexity index is 1000. The Kier molecular flexibility index (Phi) is 7.13. The average molecular weight is 430 g/mol. The lowest BCUT2D eigenvalue weighted by molar-refractivity contribution is -0.116. The molecule has 0 radical (unpaired) electrons. The quantitative estimate of drug-likeness (QED) is 0.563. The summed E-state index contributed by atoms with van der Waals surface area (Å²) in [5.41, 5.74) is -0.180. The maximum Gasteiger partial charge on any atom is 0.254 e. The highest BCUT2D eigenvalue weighted by atomic mass is 32.1. The van der Waals surface area contributed by atoms with Crippen LogP contribution in [0, 0.1) is 11.6 Å². The number of carbonyl (C=O) groups excluding carboxylic acids is 2. The monoisotopic (exact) mass is 430 g/mol. The molecule has 0 atom stereocenters. The summed E-state index contributed by atoms with van der Waals surface area (Å²) in [5.74, 6) is -2.31. The fraction of sp³-hybridized carbons (Fsp3) is 0.182. The topological polar surface area (TPSA) is 58.6 Å². The molecular formula is C22H20F2N2O3S. The highest BCUT2D eigenvalue weighted by molar-refractivity contribution is 7.09. The van der Waals surface area contributed by atoms with Gasteiger partial charge in [-0.3, -0.25) is 9.59 Å². The third kappa shape index (κ3) is 5.42. The van der Waals surface area contributed by atoms with Crippen molar-refractivity contribution >= 4 is 28.8 Å². The number of benzene rings is 2. The second-order valence-electron chi connectivity index (χ2n) is 6.36. The van der Waals surface area contributed by atoms with Crippen molar-refractivity contribution in [3.63, 3.8) is 0 Å². The van der Waals surface area contributed by atoms with Crippen LogP contribution in [-0.4, -0.2) is 29.8 Å². The lowest BCUT2D eigenvalue weighted by atomic mass is 10.2. The number of para-hydroxylation sites is 1. The first-order valence-corrected chi connectivity index (χ1v) is 10.1. The Hall–Kier alpha value is -3.26. The summed E-state index contributed by atoms with van der Waals surface area (Å²) >= 11 is 1.57. The maximum atomic E-state index is 13.7. The first-order valence-electron chi connectivity index (χ1n) is 9.26. The Labute approximate surface area is 176 Å². The largest absolute Gasteiger partial charge is 0.488 e. The molecule has 0 spiro atoms. The van der Waals surface area contributed by atoms with Crippen LogP contribution in [0.4, 0.5) is 14.5 Å². The zero-order chi connectivity index (χ0) is 21.5. The molecule has 0 saturated carbocycles.